The maximum Gasteiger partial charge on any atom is 0.213 e. The average molecular weight is 227 g/mol. The maximum absolute atomic E-state index is 8.33. The van der Waals surface area contributed by atoms with Gasteiger partial charge in [-0.2, -0.15) is 10.3 Å². The number of thiazole rings is 1. The maximum atomic E-state index is 8.33. The molecule has 1 rings (SSSR count). The predicted octanol–water partition coefficient (Wildman–Crippen LogP) is 1.05. The van der Waals surface area contributed by atoms with Gasteiger partial charge in [0.2, 0.25) is 5.13 Å². The summed E-state index contributed by atoms with van der Waals surface area (Å²) < 4.78 is 0. The Morgan fingerprint density at radius 3 is 3.14 bits per heavy atom. The van der Waals surface area contributed by atoms with Crippen molar-refractivity contribution < 1.29 is 0 Å². The van der Waals surface area contributed by atoms with Crippen LogP contribution in [-0.4, -0.2) is 16.7 Å². The molecule has 7 heteroatoms. The molecule has 0 bridgehead atoms. The van der Waals surface area contributed by atoms with Crippen LogP contribution in [0.5, 0.6) is 0 Å². The topological polar surface area (TPSA) is 101 Å². The van der Waals surface area contributed by atoms with Gasteiger partial charge in [0, 0.05) is 17.6 Å². The fraction of sp³-hybridized carbons (Fsp3) is 0.286. The number of rotatable bonds is 4. The standard InChI is InChI=1S/C7H9N5S2/c8-2-1-3-13-5-4-14-7(11-5)12-6(9)10/h4H,1,3H2,(H4,9,10,11,12). The van der Waals surface area contributed by atoms with E-state index >= 15 is 0 Å². The molecule has 74 valence electrons. The van der Waals surface area contributed by atoms with E-state index in [0.29, 0.717) is 11.6 Å². The molecule has 0 aliphatic heterocycles. The summed E-state index contributed by atoms with van der Waals surface area (Å²) in [5.74, 6) is 0.745. The summed E-state index contributed by atoms with van der Waals surface area (Å²) in [5.41, 5.74) is 10.4. The Balaban J connectivity index is 2.52. The van der Waals surface area contributed by atoms with E-state index < -0.39 is 0 Å². The molecule has 0 radical (unpaired) electrons. The van der Waals surface area contributed by atoms with Gasteiger partial charge in [0.25, 0.3) is 0 Å². The first-order valence-corrected chi connectivity index (χ1v) is 5.64. The molecule has 5 nitrogen and oxygen atoms in total. The Bertz CT molecular complexity index is 360. The zero-order valence-corrected chi connectivity index (χ0v) is 8.94. The number of guanidine groups is 1. The van der Waals surface area contributed by atoms with Crippen LogP contribution in [0.15, 0.2) is 15.4 Å². The van der Waals surface area contributed by atoms with Crippen molar-refractivity contribution in [3.8, 4) is 6.07 Å². The van der Waals surface area contributed by atoms with Crippen molar-refractivity contribution in [3.63, 3.8) is 0 Å². The van der Waals surface area contributed by atoms with E-state index in [9.17, 15) is 0 Å². The number of aromatic nitrogens is 1. The lowest BCUT2D eigenvalue weighted by Gasteiger charge is -1.90. The van der Waals surface area contributed by atoms with Crippen LogP contribution < -0.4 is 11.5 Å². The van der Waals surface area contributed by atoms with Crippen LogP contribution in [-0.2, 0) is 0 Å². The Hall–Kier alpha value is -1.26. The summed E-state index contributed by atoms with van der Waals surface area (Å²) in [4.78, 5) is 7.96. The summed E-state index contributed by atoms with van der Waals surface area (Å²) in [7, 11) is 0. The lowest BCUT2D eigenvalue weighted by Crippen LogP contribution is -2.21. The largest absolute Gasteiger partial charge is 0.370 e. The first kappa shape index (κ1) is 10.8. The molecule has 0 aromatic carbocycles. The molecule has 0 saturated carbocycles. The van der Waals surface area contributed by atoms with Gasteiger partial charge in [-0.25, -0.2) is 4.98 Å². The second kappa shape index (κ2) is 5.47. The zero-order chi connectivity index (χ0) is 10.4. The zero-order valence-electron chi connectivity index (χ0n) is 7.30. The van der Waals surface area contributed by atoms with Gasteiger partial charge in [0.15, 0.2) is 5.96 Å². The molecule has 0 aliphatic rings. The first-order chi connectivity index (χ1) is 6.72. The third kappa shape index (κ3) is 3.64. The van der Waals surface area contributed by atoms with Gasteiger partial charge in [-0.05, 0) is 0 Å². The third-order valence-corrected chi connectivity index (χ3v) is 2.96. The van der Waals surface area contributed by atoms with Gasteiger partial charge < -0.3 is 11.5 Å². The minimum atomic E-state index is 0.00734. The van der Waals surface area contributed by atoms with Crippen LogP contribution in [0.25, 0.3) is 0 Å². The number of aliphatic imine (C=N–C) groups is 1. The molecule has 0 spiro atoms. The Morgan fingerprint density at radius 1 is 1.71 bits per heavy atom. The second-order valence-electron chi connectivity index (χ2n) is 2.26. The second-order valence-corrected chi connectivity index (χ2v) is 4.21. The molecule has 1 aromatic rings. The van der Waals surface area contributed by atoms with Gasteiger partial charge >= 0.3 is 0 Å². The lowest BCUT2D eigenvalue weighted by molar-refractivity contribution is 1.16. The Kier molecular flexibility index (Phi) is 4.22. The van der Waals surface area contributed by atoms with Crippen molar-refractivity contribution in [3.05, 3.63) is 5.38 Å². The van der Waals surface area contributed by atoms with Crippen LogP contribution in [0.1, 0.15) is 6.42 Å². The van der Waals surface area contributed by atoms with E-state index in [1.165, 1.54) is 23.1 Å². The SMILES string of the molecule is N#CCCSc1csc(N=C(N)N)n1. The average Bonchev–Trinajstić information content (AvgIpc) is 2.52. The number of thioether (sulfide) groups is 1. The van der Waals surface area contributed by atoms with E-state index in [-0.39, 0.29) is 5.96 Å². The monoisotopic (exact) mass is 227 g/mol. The molecule has 0 saturated heterocycles. The van der Waals surface area contributed by atoms with E-state index in [1.54, 1.807) is 0 Å². The molecular formula is C7H9N5S2. The molecule has 1 heterocycles. The minimum Gasteiger partial charge on any atom is -0.370 e. The van der Waals surface area contributed by atoms with Gasteiger partial charge in [-0.15, -0.1) is 23.1 Å². The third-order valence-electron chi connectivity index (χ3n) is 1.16. The van der Waals surface area contributed by atoms with E-state index in [1.807, 2.05) is 5.38 Å². The predicted molar refractivity (Wildman–Crippen MR) is 58.5 cm³/mol. The van der Waals surface area contributed by atoms with Gasteiger partial charge in [0.1, 0.15) is 5.03 Å². The molecule has 0 fully saturated rings. The highest BCUT2D eigenvalue weighted by atomic mass is 32.2. The summed E-state index contributed by atoms with van der Waals surface area (Å²) in [6, 6.07) is 2.06. The Morgan fingerprint density at radius 2 is 2.50 bits per heavy atom. The van der Waals surface area contributed by atoms with Crippen molar-refractivity contribution in [2.75, 3.05) is 5.75 Å². The summed E-state index contributed by atoms with van der Waals surface area (Å²) in [6.45, 7) is 0. The molecule has 0 amide bonds. The summed E-state index contributed by atoms with van der Waals surface area (Å²) in [6.07, 6.45) is 0.514. The number of nitrogens with zero attached hydrogens (tertiary/aromatic N) is 3. The van der Waals surface area contributed by atoms with E-state index in [0.717, 1.165) is 10.8 Å². The lowest BCUT2D eigenvalue weighted by atomic mass is 10.6. The normalized spacial score (nSPS) is 9.36. The molecule has 1 aromatic heterocycles. The van der Waals surface area contributed by atoms with Crippen molar-refractivity contribution in [2.45, 2.75) is 11.4 Å². The quantitative estimate of drug-likeness (QED) is 0.346. The molecular weight excluding hydrogens is 218 g/mol. The number of hydrogen-bond donors (Lipinski definition) is 2. The van der Waals surface area contributed by atoms with Gasteiger partial charge in [0.05, 0.1) is 6.07 Å². The number of hydrogen-bond acceptors (Lipinski definition) is 5. The van der Waals surface area contributed by atoms with E-state index in [2.05, 4.69) is 16.0 Å². The minimum absolute atomic E-state index is 0.00734. The Labute approximate surface area is 89.8 Å². The number of nitrogens with two attached hydrogens (primary N) is 2. The van der Waals surface area contributed by atoms with Crippen LogP contribution in [0.4, 0.5) is 5.13 Å². The molecule has 4 N–H and O–H groups in total. The highest BCUT2D eigenvalue weighted by molar-refractivity contribution is 7.99. The van der Waals surface area contributed by atoms with Gasteiger partial charge in [-0.1, -0.05) is 0 Å². The van der Waals surface area contributed by atoms with E-state index in [4.69, 9.17) is 16.7 Å². The number of nitriles is 1. The van der Waals surface area contributed by atoms with Crippen molar-refractivity contribution in [1.29, 1.82) is 5.26 Å². The fourth-order valence-corrected chi connectivity index (χ4v) is 2.28. The van der Waals surface area contributed by atoms with Crippen LogP contribution in [0, 0.1) is 11.3 Å². The van der Waals surface area contributed by atoms with Crippen molar-refractivity contribution >= 4 is 34.2 Å². The first-order valence-electron chi connectivity index (χ1n) is 3.77. The van der Waals surface area contributed by atoms with Crippen LogP contribution in [0.3, 0.4) is 0 Å². The summed E-state index contributed by atoms with van der Waals surface area (Å²) in [5, 5.41) is 11.6. The smallest absolute Gasteiger partial charge is 0.213 e. The molecule has 0 atom stereocenters. The van der Waals surface area contributed by atoms with Crippen LogP contribution in [0.2, 0.25) is 0 Å². The fourth-order valence-electron chi connectivity index (χ4n) is 0.679. The molecule has 14 heavy (non-hydrogen) atoms. The van der Waals surface area contributed by atoms with Crippen molar-refractivity contribution in [1.82, 2.24) is 4.98 Å². The summed E-state index contributed by atoms with van der Waals surface area (Å²) >= 11 is 2.89. The highest BCUT2D eigenvalue weighted by Gasteiger charge is 2.00. The van der Waals surface area contributed by atoms with Crippen molar-refractivity contribution in [2.24, 2.45) is 16.5 Å². The van der Waals surface area contributed by atoms with Gasteiger partial charge in [-0.3, -0.25) is 0 Å². The highest BCUT2D eigenvalue weighted by Crippen LogP contribution is 2.25. The molecule has 0 unspecified atom stereocenters. The van der Waals surface area contributed by atoms with Crippen LogP contribution >= 0.6 is 23.1 Å². The molecule has 0 aliphatic carbocycles.